The van der Waals surface area contributed by atoms with E-state index in [1.807, 2.05) is 24.3 Å². The molecule has 1 atom stereocenters. The van der Waals surface area contributed by atoms with Crippen molar-refractivity contribution in [2.75, 3.05) is 13.7 Å². The number of benzene rings is 2. The number of urea groups is 1. The second-order valence-electron chi connectivity index (χ2n) is 6.26. The minimum Gasteiger partial charge on any atom is -0.494 e. The number of rotatable bonds is 9. The zero-order chi connectivity index (χ0) is 19.6. The summed E-state index contributed by atoms with van der Waals surface area (Å²) in [7, 11) is 1.42. The van der Waals surface area contributed by atoms with Crippen molar-refractivity contribution in [1.29, 1.82) is 0 Å². The summed E-state index contributed by atoms with van der Waals surface area (Å²) in [6.45, 7) is 5.48. The second kappa shape index (κ2) is 10.5. The van der Waals surface area contributed by atoms with E-state index < -0.39 is 5.82 Å². The number of carbonyl (C=O) groups excluding carboxylic acids is 1. The van der Waals surface area contributed by atoms with E-state index in [1.54, 1.807) is 19.1 Å². The highest BCUT2D eigenvalue weighted by molar-refractivity contribution is 5.74. The minimum atomic E-state index is -0.454. The molecule has 0 aromatic heterocycles. The van der Waals surface area contributed by atoms with Crippen LogP contribution in [0.3, 0.4) is 0 Å². The van der Waals surface area contributed by atoms with Crippen LogP contribution >= 0.6 is 0 Å². The number of hydrogen-bond acceptors (Lipinski definition) is 3. The molecule has 0 aliphatic heterocycles. The number of nitrogens with one attached hydrogen (secondary N) is 2. The van der Waals surface area contributed by atoms with Crippen LogP contribution in [0.4, 0.5) is 9.18 Å². The largest absolute Gasteiger partial charge is 0.494 e. The molecule has 2 aromatic carbocycles. The highest BCUT2D eigenvalue weighted by Gasteiger charge is 2.12. The van der Waals surface area contributed by atoms with Crippen molar-refractivity contribution in [2.24, 2.45) is 0 Å². The lowest BCUT2D eigenvalue weighted by Crippen LogP contribution is -2.36. The Hall–Kier alpha value is -2.60. The smallest absolute Gasteiger partial charge is 0.315 e. The van der Waals surface area contributed by atoms with E-state index in [0.717, 1.165) is 17.5 Å². The molecule has 0 saturated carbocycles. The first-order chi connectivity index (χ1) is 13.0. The number of carbonyl (C=O) groups is 1. The highest BCUT2D eigenvalue weighted by atomic mass is 19.1. The Balaban J connectivity index is 1.90. The van der Waals surface area contributed by atoms with E-state index in [0.29, 0.717) is 25.3 Å². The maximum Gasteiger partial charge on any atom is 0.315 e. The van der Waals surface area contributed by atoms with Gasteiger partial charge in [-0.05, 0) is 42.2 Å². The average molecular weight is 374 g/mol. The summed E-state index contributed by atoms with van der Waals surface area (Å²) in [5, 5.41) is 5.66. The van der Waals surface area contributed by atoms with Crippen molar-refractivity contribution in [1.82, 2.24) is 10.6 Å². The van der Waals surface area contributed by atoms with Crippen molar-refractivity contribution >= 4 is 6.03 Å². The molecule has 0 radical (unpaired) electrons. The number of ether oxygens (including phenoxy) is 2. The van der Waals surface area contributed by atoms with Crippen LogP contribution in [0.25, 0.3) is 0 Å². The van der Waals surface area contributed by atoms with Gasteiger partial charge >= 0.3 is 6.03 Å². The summed E-state index contributed by atoms with van der Waals surface area (Å²) in [4.78, 5) is 12.2. The van der Waals surface area contributed by atoms with Crippen molar-refractivity contribution in [3.05, 3.63) is 65.0 Å². The fourth-order valence-electron chi connectivity index (χ4n) is 2.66. The van der Waals surface area contributed by atoms with Gasteiger partial charge in [-0.2, -0.15) is 0 Å². The summed E-state index contributed by atoms with van der Waals surface area (Å²) in [5.41, 5.74) is 2.72. The lowest BCUT2D eigenvalue weighted by molar-refractivity contribution is 0.121. The Morgan fingerprint density at radius 3 is 2.59 bits per heavy atom. The maximum atomic E-state index is 13.8. The molecule has 2 N–H and O–H groups in total. The molecule has 0 spiro atoms. The van der Waals surface area contributed by atoms with Crippen LogP contribution in [0.15, 0.2) is 42.5 Å². The van der Waals surface area contributed by atoms with Crippen molar-refractivity contribution in [3.8, 4) is 5.75 Å². The van der Waals surface area contributed by atoms with Gasteiger partial charge in [-0.1, -0.05) is 37.3 Å². The topological polar surface area (TPSA) is 59.6 Å². The van der Waals surface area contributed by atoms with Gasteiger partial charge in [0.2, 0.25) is 0 Å². The quantitative estimate of drug-likeness (QED) is 0.643. The predicted octanol–water partition coefficient (Wildman–Crippen LogP) is 4.32. The van der Waals surface area contributed by atoms with Crippen LogP contribution < -0.4 is 15.4 Å². The van der Waals surface area contributed by atoms with Gasteiger partial charge < -0.3 is 20.1 Å². The van der Waals surface area contributed by atoms with Crippen molar-refractivity contribution < 1.29 is 18.7 Å². The summed E-state index contributed by atoms with van der Waals surface area (Å²) >= 11 is 0. The van der Waals surface area contributed by atoms with Gasteiger partial charge in [0.05, 0.1) is 19.8 Å². The van der Waals surface area contributed by atoms with Gasteiger partial charge in [0.15, 0.2) is 11.6 Å². The molecule has 146 valence electrons. The molecule has 6 heteroatoms. The summed E-state index contributed by atoms with van der Waals surface area (Å²) in [6.07, 6.45) is 0.965. The molecule has 2 rings (SSSR count). The van der Waals surface area contributed by atoms with Crippen LogP contribution in [0.5, 0.6) is 5.75 Å². The van der Waals surface area contributed by atoms with Crippen LogP contribution in [-0.2, 0) is 17.9 Å². The summed E-state index contributed by atoms with van der Waals surface area (Å²) in [5.74, 6) is -0.276. The molecule has 5 nitrogen and oxygen atoms in total. The SMILES string of the molecule is CCCOCc1ccccc1CNC(=O)NC(C)c1ccc(OC)c(F)c1. The molecule has 0 heterocycles. The third-order valence-corrected chi connectivity index (χ3v) is 4.19. The molecule has 0 bridgehead atoms. The van der Waals surface area contributed by atoms with E-state index >= 15 is 0 Å². The van der Waals surface area contributed by atoms with Crippen molar-refractivity contribution in [2.45, 2.75) is 39.5 Å². The van der Waals surface area contributed by atoms with Gasteiger partial charge in [-0.3, -0.25) is 0 Å². The Morgan fingerprint density at radius 2 is 1.93 bits per heavy atom. The second-order valence-corrected chi connectivity index (χ2v) is 6.26. The molecule has 27 heavy (non-hydrogen) atoms. The number of hydrogen-bond donors (Lipinski definition) is 2. The molecule has 0 fully saturated rings. The molecule has 2 aromatic rings. The normalized spacial score (nSPS) is 11.7. The summed E-state index contributed by atoms with van der Waals surface area (Å²) < 4.78 is 24.3. The number of halogens is 1. The zero-order valence-corrected chi connectivity index (χ0v) is 16.0. The lowest BCUT2D eigenvalue weighted by Gasteiger charge is -2.17. The Morgan fingerprint density at radius 1 is 1.19 bits per heavy atom. The molecule has 0 aliphatic carbocycles. The Labute approximate surface area is 159 Å². The first-order valence-electron chi connectivity index (χ1n) is 9.07. The molecular weight excluding hydrogens is 347 g/mol. The highest BCUT2D eigenvalue weighted by Crippen LogP contribution is 2.21. The molecule has 2 amide bonds. The fourth-order valence-corrected chi connectivity index (χ4v) is 2.66. The van der Waals surface area contributed by atoms with Gasteiger partial charge in [-0.25, -0.2) is 9.18 Å². The van der Waals surface area contributed by atoms with E-state index in [1.165, 1.54) is 13.2 Å². The third-order valence-electron chi connectivity index (χ3n) is 4.19. The first kappa shape index (κ1) is 20.7. The van der Waals surface area contributed by atoms with Gasteiger partial charge in [-0.15, -0.1) is 0 Å². The molecule has 0 saturated heterocycles. The molecule has 0 aliphatic rings. The summed E-state index contributed by atoms with van der Waals surface area (Å²) in [6, 6.07) is 11.8. The number of amides is 2. The van der Waals surface area contributed by atoms with E-state index in [-0.39, 0.29) is 17.8 Å². The van der Waals surface area contributed by atoms with Gasteiger partial charge in [0, 0.05) is 13.2 Å². The van der Waals surface area contributed by atoms with E-state index in [4.69, 9.17) is 9.47 Å². The van der Waals surface area contributed by atoms with E-state index in [2.05, 4.69) is 17.6 Å². The maximum absolute atomic E-state index is 13.8. The fraction of sp³-hybridized carbons (Fsp3) is 0.381. The van der Waals surface area contributed by atoms with Crippen LogP contribution in [-0.4, -0.2) is 19.7 Å². The Kier molecular flexibility index (Phi) is 8.07. The van der Waals surface area contributed by atoms with Gasteiger partial charge in [0.1, 0.15) is 0 Å². The minimum absolute atomic E-state index is 0.178. The lowest BCUT2D eigenvalue weighted by atomic mass is 10.1. The Bertz CT molecular complexity index is 752. The number of methoxy groups -OCH3 is 1. The third kappa shape index (κ3) is 6.25. The van der Waals surface area contributed by atoms with E-state index in [9.17, 15) is 9.18 Å². The van der Waals surface area contributed by atoms with Crippen LogP contribution in [0.2, 0.25) is 0 Å². The standard InChI is InChI=1S/C21H27FN2O3/c1-4-11-27-14-18-8-6-5-7-17(18)13-23-21(25)24-15(2)16-9-10-20(26-3)19(22)12-16/h5-10,12,15H,4,11,13-14H2,1-3H3,(H2,23,24,25). The van der Waals surface area contributed by atoms with Crippen LogP contribution in [0, 0.1) is 5.82 Å². The van der Waals surface area contributed by atoms with Gasteiger partial charge in [0.25, 0.3) is 0 Å². The molecular formula is C21H27FN2O3. The van der Waals surface area contributed by atoms with Crippen LogP contribution in [0.1, 0.15) is 43.0 Å². The van der Waals surface area contributed by atoms with Crippen molar-refractivity contribution in [3.63, 3.8) is 0 Å². The average Bonchev–Trinajstić information content (AvgIpc) is 2.67. The monoisotopic (exact) mass is 374 g/mol. The zero-order valence-electron chi connectivity index (χ0n) is 16.0. The first-order valence-corrected chi connectivity index (χ1v) is 9.07. The predicted molar refractivity (Wildman–Crippen MR) is 103 cm³/mol. The molecule has 1 unspecified atom stereocenters.